The summed E-state index contributed by atoms with van der Waals surface area (Å²) < 4.78 is 0. The van der Waals surface area contributed by atoms with Crippen LogP contribution in [0.15, 0.2) is 53.5 Å². The van der Waals surface area contributed by atoms with Crippen LogP contribution in [0.2, 0.25) is 0 Å². The van der Waals surface area contributed by atoms with E-state index in [2.05, 4.69) is 25.5 Å². The molecule has 0 bridgehead atoms. The van der Waals surface area contributed by atoms with Crippen molar-refractivity contribution in [1.82, 2.24) is 20.2 Å². The number of H-pyrrole nitrogens is 2. The molecule has 0 aliphatic rings. The number of carbonyl (C=O) groups is 1. The lowest BCUT2D eigenvalue weighted by Crippen LogP contribution is -2.18. The van der Waals surface area contributed by atoms with Gasteiger partial charge in [-0.05, 0) is 30.3 Å². The molecule has 2 aromatic heterocycles. The van der Waals surface area contributed by atoms with Gasteiger partial charge in [-0.3, -0.25) is 14.7 Å². The second kappa shape index (κ2) is 6.20. The van der Waals surface area contributed by atoms with Gasteiger partial charge in [0, 0.05) is 23.9 Å². The molecule has 7 heteroatoms. The predicted molar refractivity (Wildman–Crippen MR) is 95.4 cm³/mol. The topological polar surface area (TPSA) is 104 Å². The van der Waals surface area contributed by atoms with Crippen LogP contribution < -0.4 is 10.9 Å². The van der Waals surface area contributed by atoms with E-state index in [0.717, 1.165) is 10.9 Å². The molecule has 0 saturated carbocycles. The van der Waals surface area contributed by atoms with Gasteiger partial charge in [-0.25, -0.2) is 4.98 Å². The zero-order valence-corrected chi connectivity index (χ0v) is 13.2. The average Bonchev–Trinajstić information content (AvgIpc) is 3.07. The van der Waals surface area contributed by atoms with Crippen LogP contribution >= 0.6 is 0 Å². The number of benzene rings is 2. The fourth-order valence-corrected chi connectivity index (χ4v) is 2.71. The highest BCUT2D eigenvalue weighted by Gasteiger charge is 2.09. The number of nitrogens with zero attached hydrogens (tertiary/aromatic N) is 2. The van der Waals surface area contributed by atoms with Crippen molar-refractivity contribution in [3.8, 4) is 0 Å². The van der Waals surface area contributed by atoms with Gasteiger partial charge < -0.3 is 10.3 Å². The zero-order chi connectivity index (χ0) is 17.2. The van der Waals surface area contributed by atoms with Crippen LogP contribution in [0.25, 0.3) is 21.9 Å². The molecule has 0 aliphatic carbocycles. The highest BCUT2D eigenvalue weighted by atomic mass is 16.1. The maximum Gasteiger partial charge on any atom is 0.270 e. The molecule has 0 aliphatic heterocycles. The van der Waals surface area contributed by atoms with Crippen molar-refractivity contribution in [1.29, 1.82) is 0 Å². The van der Waals surface area contributed by atoms with Crippen LogP contribution in [0, 0.1) is 0 Å². The molecule has 0 atom stereocenters. The fourth-order valence-electron chi connectivity index (χ4n) is 2.71. The lowest BCUT2D eigenvalue weighted by atomic mass is 10.2. The minimum absolute atomic E-state index is 0.169. The molecule has 2 heterocycles. The Balaban J connectivity index is 1.46. The highest BCUT2D eigenvalue weighted by molar-refractivity contribution is 5.93. The highest BCUT2D eigenvalue weighted by Crippen LogP contribution is 2.17. The number of para-hydroxylation sites is 2. The quantitative estimate of drug-likeness (QED) is 0.533. The number of hydrogen-bond acceptors (Lipinski definition) is 4. The average molecular weight is 333 g/mol. The maximum atomic E-state index is 12.2. The van der Waals surface area contributed by atoms with Crippen molar-refractivity contribution in [3.05, 3.63) is 64.7 Å². The normalized spacial score (nSPS) is 11.0. The van der Waals surface area contributed by atoms with Crippen LogP contribution in [0.1, 0.15) is 12.1 Å². The number of aromatic nitrogens is 4. The standard InChI is InChI=1S/C18H15N5O2/c24-17(20-12-5-6-13-11(9-12)10-19-23-13)8-7-16-18(25)22-15-4-2-1-3-14(15)21-16/h1-6,9-10H,7-8H2,(H,19,23)(H,20,24)(H,22,25). The molecule has 4 aromatic rings. The molecule has 2 aromatic carbocycles. The first-order valence-electron chi connectivity index (χ1n) is 7.90. The molecule has 0 saturated heterocycles. The molecule has 25 heavy (non-hydrogen) atoms. The second-order valence-electron chi connectivity index (χ2n) is 5.75. The molecule has 124 valence electrons. The van der Waals surface area contributed by atoms with Crippen LogP contribution in [-0.2, 0) is 11.2 Å². The molecule has 4 rings (SSSR count). The third kappa shape index (κ3) is 3.12. The number of carbonyl (C=O) groups excluding carboxylic acids is 1. The molecule has 0 radical (unpaired) electrons. The number of hydrogen-bond donors (Lipinski definition) is 3. The number of aromatic amines is 2. The minimum Gasteiger partial charge on any atom is -0.326 e. The van der Waals surface area contributed by atoms with Gasteiger partial charge in [0.25, 0.3) is 5.56 Å². The summed E-state index contributed by atoms with van der Waals surface area (Å²) in [5, 5.41) is 10.6. The summed E-state index contributed by atoms with van der Waals surface area (Å²) in [6.07, 6.45) is 2.15. The Labute approximate surface area is 142 Å². The molecule has 0 fully saturated rings. The fraction of sp³-hybridized carbons (Fsp3) is 0.111. The lowest BCUT2D eigenvalue weighted by molar-refractivity contribution is -0.116. The van der Waals surface area contributed by atoms with Crippen molar-refractivity contribution >= 4 is 33.5 Å². The van der Waals surface area contributed by atoms with Crippen molar-refractivity contribution in [2.45, 2.75) is 12.8 Å². The first kappa shape index (κ1) is 15.1. The Hall–Kier alpha value is -3.48. The van der Waals surface area contributed by atoms with Gasteiger partial charge in [0.1, 0.15) is 5.69 Å². The van der Waals surface area contributed by atoms with Gasteiger partial charge in [-0.15, -0.1) is 0 Å². The van der Waals surface area contributed by atoms with E-state index in [4.69, 9.17) is 0 Å². The van der Waals surface area contributed by atoms with Crippen LogP contribution in [0.3, 0.4) is 0 Å². The molecule has 1 amide bonds. The van der Waals surface area contributed by atoms with Gasteiger partial charge in [-0.2, -0.15) is 5.10 Å². The number of amides is 1. The van der Waals surface area contributed by atoms with Crippen molar-refractivity contribution in [2.75, 3.05) is 5.32 Å². The SMILES string of the molecule is O=C(CCc1nc2ccccc2[nH]c1=O)Nc1ccc2[nH]ncc2c1. The van der Waals surface area contributed by atoms with E-state index in [9.17, 15) is 9.59 Å². The van der Waals surface area contributed by atoms with E-state index < -0.39 is 0 Å². The Bertz CT molecular complexity index is 1130. The van der Waals surface area contributed by atoms with Crippen LogP contribution in [-0.4, -0.2) is 26.1 Å². The summed E-state index contributed by atoms with van der Waals surface area (Å²) in [6.45, 7) is 0. The number of nitrogens with one attached hydrogen (secondary N) is 3. The smallest absolute Gasteiger partial charge is 0.270 e. The Morgan fingerprint density at radius 2 is 2.00 bits per heavy atom. The third-order valence-electron chi connectivity index (χ3n) is 3.98. The Morgan fingerprint density at radius 1 is 1.12 bits per heavy atom. The van der Waals surface area contributed by atoms with Gasteiger partial charge in [0.15, 0.2) is 0 Å². The number of anilines is 1. The van der Waals surface area contributed by atoms with E-state index in [1.165, 1.54) is 0 Å². The van der Waals surface area contributed by atoms with E-state index in [1.807, 2.05) is 30.3 Å². The number of fused-ring (bicyclic) bond motifs is 2. The van der Waals surface area contributed by atoms with Gasteiger partial charge in [-0.1, -0.05) is 12.1 Å². The first-order valence-corrected chi connectivity index (χ1v) is 7.90. The summed E-state index contributed by atoms with van der Waals surface area (Å²) >= 11 is 0. The van der Waals surface area contributed by atoms with Crippen molar-refractivity contribution in [2.24, 2.45) is 0 Å². The molecule has 3 N–H and O–H groups in total. The van der Waals surface area contributed by atoms with Gasteiger partial charge in [0.05, 0.1) is 22.7 Å². The molecular weight excluding hydrogens is 318 g/mol. The number of aryl methyl sites for hydroxylation is 1. The largest absolute Gasteiger partial charge is 0.326 e. The molecule has 7 nitrogen and oxygen atoms in total. The zero-order valence-electron chi connectivity index (χ0n) is 13.2. The summed E-state index contributed by atoms with van der Waals surface area (Å²) in [6, 6.07) is 12.8. The minimum atomic E-state index is -0.258. The van der Waals surface area contributed by atoms with Crippen LogP contribution in [0.4, 0.5) is 5.69 Å². The van der Waals surface area contributed by atoms with Crippen molar-refractivity contribution in [3.63, 3.8) is 0 Å². The monoisotopic (exact) mass is 333 g/mol. The summed E-state index contributed by atoms with van der Waals surface area (Å²) in [5.74, 6) is -0.169. The Morgan fingerprint density at radius 3 is 2.92 bits per heavy atom. The van der Waals surface area contributed by atoms with E-state index >= 15 is 0 Å². The Kier molecular flexibility index (Phi) is 3.74. The molecular formula is C18H15N5O2. The second-order valence-corrected chi connectivity index (χ2v) is 5.75. The molecule has 0 unspecified atom stereocenters. The first-order chi connectivity index (χ1) is 12.2. The summed E-state index contributed by atoms with van der Waals surface area (Å²) in [7, 11) is 0. The van der Waals surface area contributed by atoms with E-state index in [0.29, 0.717) is 22.4 Å². The third-order valence-corrected chi connectivity index (χ3v) is 3.98. The van der Waals surface area contributed by atoms with Gasteiger partial charge in [0.2, 0.25) is 5.91 Å². The van der Waals surface area contributed by atoms with Crippen molar-refractivity contribution < 1.29 is 4.79 Å². The maximum absolute atomic E-state index is 12.2. The number of rotatable bonds is 4. The lowest BCUT2D eigenvalue weighted by Gasteiger charge is -2.05. The van der Waals surface area contributed by atoms with Crippen LogP contribution in [0.5, 0.6) is 0 Å². The van der Waals surface area contributed by atoms with E-state index in [1.54, 1.807) is 18.3 Å². The van der Waals surface area contributed by atoms with E-state index in [-0.39, 0.29) is 24.3 Å². The molecule has 0 spiro atoms. The summed E-state index contributed by atoms with van der Waals surface area (Å²) in [4.78, 5) is 31.4. The van der Waals surface area contributed by atoms with Gasteiger partial charge >= 0.3 is 0 Å². The predicted octanol–water partition coefficient (Wildman–Crippen LogP) is 2.37. The summed E-state index contributed by atoms with van der Waals surface area (Å²) in [5.41, 5.74) is 3.10.